The lowest BCUT2D eigenvalue weighted by atomic mass is 10.0. The molecule has 1 heterocycles. The lowest BCUT2D eigenvalue weighted by molar-refractivity contribution is -0.138. The molecule has 2 N–H and O–H groups in total. The molecule has 1 amide bonds. The van der Waals surface area contributed by atoms with E-state index in [1.54, 1.807) is 11.9 Å². The Hall–Kier alpha value is -1.65. The number of rotatable bonds is 7. The van der Waals surface area contributed by atoms with Crippen molar-refractivity contribution in [2.75, 3.05) is 20.1 Å². The molecule has 1 aromatic rings. The topological polar surface area (TPSA) is 78.5 Å². The normalized spacial score (nSPS) is 17.4. The highest BCUT2D eigenvalue weighted by Gasteiger charge is 2.35. The number of benzene rings is 1. The molecule has 0 saturated carbocycles. The largest absolute Gasteiger partial charge is 0.416 e. The highest BCUT2D eigenvalue weighted by molar-refractivity contribution is 7.89. The number of carbonyl (C=O) groups excluding carboxylic acids is 1. The number of carbonyl (C=O) groups is 1. The van der Waals surface area contributed by atoms with E-state index in [1.807, 2.05) is 13.8 Å². The van der Waals surface area contributed by atoms with Crippen molar-refractivity contribution in [2.24, 2.45) is 5.92 Å². The summed E-state index contributed by atoms with van der Waals surface area (Å²) in [6.45, 7) is 6.02. The van der Waals surface area contributed by atoms with Gasteiger partial charge in [0.2, 0.25) is 15.9 Å². The Bertz CT molecular complexity index is 849. The molecular formula is C20H30F3N3O3S. The summed E-state index contributed by atoms with van der Waals surface area (Å²) < 4.78 is 67.3. The van der Waals surface area contributed by atoms with Gasteiger partial charge in [0.15, 0.2) is 0 Å². The maximum atomic E-state index is 13.1. The van der Waals surface area contributed by atoms with Gasteiger partial charge >= 0.3 is 6.18 Å². The molecule has 1 fully saturated rings. The van der Waals surface area contributed by atoms with Crippen LogP contribution in [0.3, 0.4) is 0 Å². The molecule has 6 nitrogen and oxygen atoms in total. The monoisotopic (exact) mass is 449 g/mol. The number of halogens is 3. The van der Waals surface area contributed by atoms with Crippen molar-refractivity contribution in [3.05, 3.63) is 29.3 Å². The Balaban J connectivity index is 2.05. The van der Waals surface area contributed by atoms with E-state index in [1.165, 1.54) is 6.07 Å². The molecule has 1 aliphatic heterocycles. The van der Waals surface area contributed by atoms with Crippen LogP contribution in [0, 0.1) is 12.8 Å². The third-order valence-electron chi connectivity index (χ3n) is 5.36. The lowest BCUT2D eigenvalue weighted by Crippen LogP contribution is -2.51. The van der Waals surface area contributed by atoms with E-state index in [0.717, 1.165) is 19.1 Å². The van der Waals surface area contributed by atoms with Crippen molar-refractivity contribution in [1.82, 2.24) is 14.9 Å². The molecule has 0 aliphatic carbocycles. The van der Waals surface area contributed by atoms with Gasteiger partial charge in [-0.3, -0.25) is 4.79 Å². The average Bonchev–Trinajstić information content (AvgIpc) is 2.64. The lowest BCUT2D eigenvalue weighted by Gasteiger charge is -2.34. The number of hydrogen-bond donors (Lipinski definition) is 2. The smallest absolute Gasteiger partial charge is 0.341 e. The van der Waals surface area contributed by atoms with Crippen molar-refractivity contribution in [3.8, 4) is 0 Å². The number of amides is 1. The third-order valence-corrected chi connectivity index (χ3v) is 7.03. The first-order chi connectivity index (χ1) is 13.9. The summed E-state index contributed by atoms with van der Waals surface area (Å²) in [5, 5.41) is 3.03. The Morgan fingerprint density at radius 3 is 2.33 bits per heavy atom. The van der Waals surface area contributed by atoms with Gasteiger partial charge in [0.05, 0.1) is 16.5 Å². The van der Waals surface area contributed by atoms with Gasteiger partial charge in [-0.2, -0.15) is 13.2 Å². The summed E-state index contributed by atoms with van der Waals surface area (Å²) in [7, 11) is -2.37. The number of nitrogens with one attached hydrogen (secondary N) is 2. The second-order valence-corrected chi connectivity index (χ2v) is 9.80. The first-order valence-corrected chi connectivity index (χ1v) is 11.5. The Morgan fingerprint density at radius 2 is 1.83 bits per heavy atom. The molecule has 10 heteroatoms. The van der Waals surface area contributed by atoms with E-state index >= 15 is 0 Å². The maximum absolute atomic E-state index is 13.1. The summed E-state index contributed by atoms with van der Waals surface area (Å²) in [4.78, 5) is 14.0. The maximum Gasteiger partial charge on any atom is 0.416 e. The fourth-order valence-electron chi connectivity index (χ4n) is 3.75. The fraction of sp³-hybridized carbons (Fsp3) is 0.650. The van der Waals surface area contributed by atoms with Crippen LogP contribution in [-0.2, 0) is 21.0 Å². The summed E-state index contributed by atoms with van der Waals surface area (Å²) in [5.74, 6) is 0.340. The average molecular weight is 450 g/mol. The third kappa shape index (κ3) is 5.95. The highest BCUT2D eigenvalue weighted by Crippen LogP contribution is 2.34. The van der Waals surface area contributed by atoms with E-state index in [-0.39, 0.29) is 22.4 Å². The molecule has 0 radical (unpaired) electrons. The molecule has 1 aromatic carbocycles. The zero-order valence-electron chi connectivity index (χ0n) is 17.7. The van der Waals surface area contributed by atoms with E-state index in [4.69, 9.17) is 0 Å². The molecule has 2 rings (SSSR count). The number of nitrogens with zero attached hydrogens (tertiary/aromatic N) is 1. The Labute approximate surface area is 176 Å². The molecular weight excluding hydrogens is 419 g/mol. The standard InChI is InChI=1S/C20H30F3N3O3S/c1-13(2)12-17(24-4)19(27)26-10-8-15(9-11-26)25-30(28,29)18-7-5-6-16(14(18)3)20(21,22)23/h5-7,13,15,17,24-25H,8-12H2,1-4H3/t17-/m0/s1. The van der Waals surface area contributed by atoms with Crippen LogP contribution in [0.2, 0.25) is 0 Å². The van der Waals surface area contributed by atoms with Crippen LogP contribution in [0.5, 0.6) is 0 Å². The van der Waals surface area contributed by atoms with Crippen molar-refractivity contribution in [1.29, 1.82) is 0 Å². The van der Waals surface area contributed by atoms with E-state index in [0.29, 0.717) is 38.3 Å². The summed E-state index contributed by atoms with van der Waals surface area (Å²) >= 11 is 0. The van der Waals surface area contributed by atoms with Crippen LogP contribution >= 0.6 is 0 Å². The number of likely N-dealkylation sites (N-methyl/N-ethyl adjacent to an activating group) is 1. The summed E-state index contributed by atoms with van der Waals surface area (Å²) in [6.07, 6.45) is -3.11. The molecule has 170 valence electrons. The SMILES string of the molecule is CN[C@@H](CC(C)C)C(=O)N1CCC(NS(=O)(=O)c2cccc(C(F)(F)F)c2C)CC1. The quantitative estimate of drug-likeness (QED) is 0.671. The number of piperidine rings is 1. The second kappa shape index (κ2) is 9.65. The molecule has 0 aromatic heterocycles. The predicted octanol–water partition coefficient (Wildman–Crippen LogP) is 2.92. The van der Waals surface area contributed by atoms with Crippen LogP contribution in [0.4, 0.5) is 13.2 Å². The van der Waals surface area contributed by atoms with Crippen molar-refractivity contribution in [2.45, 2.75) is 63.2 Å². The van der Waals surface area contributed by atoms with Crippen molar-refractivity contribution < 1.29 is 26.4 Å². The highest BCUT2D eigenvalue weighted by atomic mass is 32.2. The molecule has 0 spiro atoms. The van der Waals surface area contributed by atoms with Crippen LogP contribution in [0.15, 0.2) is 23.1 Å². The molecule has 1 atom stereocenters. The molecule has 0 unspecified atom stereocenters. The van der Waals surface area contributed by atoms with Crippen molar-refractivity contribution in [3.63, 3.8) is 0 Å². The van der Waals surface area contributed by atoms with Gasteiger partial charge < -0.3 is 10.2 Å². The van der Waals surface area contributed by atoms with E-state index in [9.17, 15) is 26.4 Å². The zero-order valence-corrected chi connectivity index (χ0v) is 18.5. The van der Waals surface area contributed by atoms with Crippen LogP contribution in [0.1, 0.15) is 44.2 Å². The van der Waals surface area contributed by atoms with Crippen LogP contribution in [0.25, 0.3) is 0 Å². The first-order valence-electron chi connectivity index (χ1n) is 10.0. The van der Waals surface area contributed by atoms with Gasteiger partial charge in [0.25, 0.3) is 0 Å². The van der Waals surface area contributed by atoms with E-state index in [2.05, 4.69) is 10.0 Å². The number of sulfonamides is 1. The van der Waals surface area contributed by atoms with Gasteiger partial charge in [0.1, 0.15) is 0 Å². The number of alkyl halides is 3. The molecule has 1 aliphatic rings. The van der Waals surface area contributed by atoms with Gasteiger partial charge in [-0.15, -0.1) is 0 Å². The second-order valence-electron chi connectivity index (χ2n) is 8.12. The minimum atomic E-state index is -4.62. The Morgan fingerprint density at radius 1 is 1.23 bits per heavy atom. The number of hydrogen-bond acceptors (Lipinski definition) is 4. The van der Waals surface area contributed by atoms with Gasteiger partial charge in [0, 0.05) is 19.1 Å². The Kier molecular flexibility index (Phi) is 7.92. The molecule has 30 heavy (non-hydrogen) atoms. The van der Waals surface area contributed by atoms with Crippen molar-refractivity contribution >= 4 is 15.9 Å². The molecule has 0 bridgehead atoms. The zero-order chi connectivity index (χ0) is 22.7. The van der Waals surface area contributed by atoms with Gasteiger partial charge in [-0.25, -0.2) is 13.1 Å². The first kappa shape index (κ1) is 24.6. The van der Waals surface area contributed by atoms with E-state index < -0.39 is 27.8 Å². The summed E-state index contributed by atoms with van der Waals surface area (Å²) in [6, 6.07) is 2.42. The van der Waals surface area contributed by atoms with Gasteiger partial charge in [-0.05, 0) is 56.8 Å². The van der Waals surface area contributed by atoms with Crippen LogP contribution in [-0.4, -0.2) is 51.4 Å². The minimum absolute atomic E-state index is 0.0128. The fourth-order valence-corrected chi connectivity index (χ4v) is 5.32. The van der Waals surface area contributed by atoms with Crippen LogP contribution < -0.4 is 10.0 Å². The molecule has 1 saturated heterocycles. The minimum Gasteiger partial charge on any atom is -0.341 e. The summed E-state index contributed by atoms with van der Waals surface area (Å²) in [5.41, 5.74) is -1.29. The predicted molar refractivity (Wildman–Crippen MR) is 108 cm³/mol. The van der Waals surface area contributed by atoms with Gasteiger partial charge in [-0.1, -0.05) is 19.9 Å². The number of likely N-dealkylation sites (tertiary alicyclic amines) is 1.